The molecule has 0 aliphatic carbocycles. The van der Waals surface area contributed by atoms with E-state index in [1.54, 1.807) is 0 Å². The Bertz CT molecular complexity index is 246. The molecule has 4 nitrogen and oxygen atoms in total. The average Bonchev–Trinajstić information content (AvgIpc) is 1.85. The maximum absolute atomic E-state index is 11.6. The van der Waals surface area contributed by atoms with Crippen LogP contribution in [-0.4, -0.2) is 37.7 Å². The summed E-state index contributed by atoms with van der Waals surface area (Å²) in [5.41, 5.74) is 0. The molecule has 0 saturated heterocycles. The van der Waals surface area contributed by atoms with Crippen LogP contribution in [0, 0.1) is 5.92 Å². The third kappa shape index (κ3) is 4.27. The molecular formula is C6H11FO4S. The third-order valence-electron chi connectivity index (χ3n) is 1.31. The number of halogens is 1. The molecule has 0 radical (unpaired) electrons. The minimum atomic E-state index is -3.53. The molecule has 1 unspecified atom stereocenters. The molecule has 0 heterocycles. The van der Waals surface area contributed by atoms with E-state index in [9.17, 15) is 17.6 Å². The smallest absolute Gasteiger partial charge is 0.307 e. The van der Waals surface area contributed by atoms with Gasteiger partial charge in [0.15, 0.2) is 9.84 Å². The fourth-order valence-electron chi connectivity index (χ4n) is 0.653. The SMILES string of the molecule is CC(CS(=O)(=O)CCF)C(=O)O. The molecule has 0 fully saturated rings. The quantitative estimate of drug-likeness (QED) is 0.679. The van der Waals surface area contributed by atoms with Gasteiger partial charge in [-0.1, -0.05) is 6.92 Å². The molecule has 0 spiro atoms. The number of carboxylic acids is 1. The van der Waals surface area contributed by atoms with Gasteiger partial charge in [-0.3, -0.25) is 4.79 Å². The number of rotatable bonds is 5. The minimum Gasteiger partial charge on any atom is -0.481 e. The molecule has 1 N–H and O–H groups in total. The van der Waals surface area contributed by atoms with Gasteiger partial charge in [0.05, 0.1) is 17.4 Å². The number of hydrogen-bond acceptors (Lipinski definition) is 3. The number of alkyl halides is 1. The zero-order valence-corrected chi connectivity index (χ0v) is 7.47. The molecule has 0 amide bonds. The Balaban J connectivity index is 4.16. The predicted octanol–water partition coefficient (Wildman–Crippen LogP) is 0.0914. The van der Waals surface area contributed by atoms with E-state index in [1.807, 2.05) is 0 Å². The highest BCUT2D eigenvalue weighted by Crippen LogP contribution is 2.02. The van der Waals surface area contributed by atoms with Gasteiger partial charge in [0.25, 0.3) is 0 Å². The van der Waals surface area contributed by atoms with E-state index in [0.29, 0.717) is 0 Å². The molecule has 0 saturated carbocycles. The fraction of sp³-hybridized carbons (Fsp3) is 0.833. The Morgan fingerprint density at radius 2 is 2.08 bits per heavy atom. The van der Waals surface area contributed by atoms with Crippen molar-refractivity contribution in [2.75, 3.05) is 18.2 Å². The first kappa shape index (κ1) is 11.4. The summed E-state index contributed by atoms with van der Waals surface area (Å²) < 4.78 is 33.3. The second kappa shape index (κ2) is 4.39. The molecule has 1 atom stereocenters. The minimum absolute atomic E-state index is 0.494. The summed E-state index contributed by atoms with van der Waals surface area (Å²) >= 11 is 0. The van der Waals surface area contributed by atoms with Crippen LogP contribution in [0.4, 0.5) is 4.39 Å². The Kier molecular flexibility index (Phi) is 4.16. The molecule has 0 aromatic heterocycles. The topological polar surface area (TPSA) is 71.4 Å². The van der Waals surface area contributed by atoms with E-state index in [2.05, 4.69) is 0 Å². The van der Waals surface area contributed by atoms with Crippen molar-refractivity contribution in [3.63, 3.8) is 0 Å². The van der Waals surface area contributed by atoms with Crippen LogP contribution in [0.1, 0.15) is 6.92 Å². The lowest BCUT2D eigenvalue weighted by Gasteiger charge is -2.05. The van der Waals surface area contributed by atoms with Crippen molar-refractivity contribution in [2.45, 2.75) is 6.92 Å². The molecule has 0 aliphatic rings. The Morgan fingerprint density at radius 1 is 1.58 bits per heavy atom. The summed E-state index contributed by atoms with van der Waals surface area (Å²) in [6.07, 6.45) is 0. The first-order valence-electron chi connectivity index (χ1n) is 3.38. The molecule has 0 rings (SSSR count). The van der Waals surface area contributed by atoms with Gasteiger partial charge < -0.3 is 5.11 Å². The van der Waals surface area contributed by atoms with E-state index in [-0.39, 0.29) is 0 Å². The standard InChI is InChI=1S/C6H11FO4S/c1-5(6(8)9)4-12(10,11)3-2-7/h5H,2-4H2,1H3,(H,8,9). The Hall–Kier alpha value is -0.650. The maximum Gasteiger partial charge on any atom is 0.307 e. The molecular weight excluding hydrogens is 187 g/mol. The van der Waals surface area contributed by atoms with Gasteiger partial charge in [-0.25, -0.2) is 12.8 Å². The van der Waals surface area contributed by atoms with E-state index in [4.69, 9.17) is 5.11 Å². The lowest BCUT2D eigenvalue weighted by atomic mass is 10.2. The van der Waals surface area contributed by atoms with Crippen molar-refractivity contribution in [3.05, 3.63) is 0 Å². The second-order valence-corrected chi connectivity index (χ2v) is 4.77. The Morgan fingerprint density at radius 3 is 2.42 bits per heavy atom. The van der Waals surface area contributed by atoms with Gasteiger partial charge in [-0.05, 0) is 0 Å². The van der Waals surface area contributed by atoms with Crippen LogP contribution >= 0.6 is 0 Å². The summed E-state index contributed by atoms with van der Waals surface area (Å²) in [7, 11) is -3.53. The average molecular weight is 198 g/mol. The summed E-state index contributed by atoms with van der Waals surface area (Å²) in [5, 5.41) is 8.36. The lowest BCUT2D eigenvalue weighted by molar-refractivity contribution is -0.140. The second-order valence-electron chi connectivity index (χ2n) is 2.54. The van der Waals surface area contributed by atoms with Gasteiger partial charge in [-0.2, -0.15) is 0 Å². The summed E-state index contributed by atoms with van der Waals surface area (Å²) in [4.78, 5) is 10.2. The van der Waals surface area contributed by atoms with Crippen LogP contribution in [0.2, 0.25) is 0 Å². The molecule has 0 aliphatic heterocycles. The van der Waals surface area contributed by atoms with E-state index < -0.39 is 39.9 Å². The highest BCUT2D eigenvalue weighted by Gasteiger charge is 2.20. The number of aliphatic carboxylic acids is 1. The van der Waals surface area contributed by atoms with Crippen LogP contribution in [0.3, 0.4) is 0 Å². The highest BCUT2D eigenvalue weighted by atomic mass is 32.2. The zero-order chi connectivity index (χ0) is 9.78. The fourth-order valence-corrected chi connectivity index (χ4v) is 1.96. The number of carboxylic acid groups (broad SMARTS) is 1. The third-order valence-corrected chi connectivity index (χ3v) is 3.10. The molecule has 0 aromatic rings. The van der Waals surface area contributed by atoms with E-state index in [1.165, 1.54) is 6.92 Å². The first-order valence-corrected chi connectivity index (χ1v) is 5.20. The van der Waals surface area contributed by atoms with Crippen molar-refractivity contribution in [3.8, 4) is 0 Å². The zero-order valence-electron chi connectivity index (χ0n) is 6.66. The molecule has 72 valence electrons. The molecule has 6 heteroatoms. The summed E-state index contributed by atoms with van der Waals surface area (Å²) in [6, 6.07) is 0. The van der Waals surface area contributed by atoms with Crippen molar-refractivity contribution >= 4 is 15.8 Å². The predicted molar refractivity (Wildman–Crippen MR) is 41.4 cm³/mol. The monoisotopic (exact) mass is 198 g/mol. The summed E-state index contributed by atoms with van der Waals surface area (Å²) in [5.74, 6) is -3.24. The van der Waals surface area contributed by atoms with Crippen LogP contribution in [0.15, 0.2) is 0 Å². The lowest BCUT2D eigenvalue weighted by Crippen LogP contribution is -2.23. The number of carbonyl (C=O) groups is 1. The molecule has 0 aromatic carbocycles. The van der Waals surface area contributed by atoms with Gasteiger partial charge in [0.2, 0.25) is 0 Å². The largest absolute Gasteiger partial charge is 0.481 e. The van der Waals surface area contributed by atoms with Gasteiger partial charge in [0, 0.05) is 0 Å². The molecule has 0 bridgehead atoms. The normalized spacial score (nSPS) is 14.2. The molecule has 12 heavy (non-hydrogen) atoms. The highest BCUT2D eigenvalue weighted by molar-refractivity contribution is 7.91. The van der Waals surface area contributed by atoms with Gasteiger partial charge >= 0.3 is 5.97 Å². The first-order chi connectivity index (χ1) is 5.39. The van der Waals surface area contributed by atoms with Gasteiger partial charge in [-0.15, -0.1) is 0 Å². The Labute approximate surface area is 70.3 Å². The summed E-state index contributed by atoms with van der Waals surface area (Å²) in [6.45, 7) is 0.312. The number of hydrogen-bond donors (Lipinski definition) is 1. The maximum atomic E-state index is 11.6. The van der Waals surface area contributed by atoms with Crippen molar-refractivity contribution in [2.24, 2.45) is 5.92 Å². The van der Waals surface area contributed by atoms with Crippen LogP contribution in [-0.2, 0) is 14.6 Å². The van der Waals surface area contributed by atoms with Crippen molar-refractivity contribution < 1.29 is 22.7 Å². The van der Waals surface area contributed by atoms with E-state index >= 15 is 0 Å². The van der Waals surface area contributed by atoms with Crippen LogP contribution < -0.4 is 0 Å². The van der Waals surface area contributed by atoms with Crippen molar-refractivity contribution in [1.29, 1.82) is 0 Å². The van der Waals surface area contributed by atoms with Crippen LogP contribution in [0.25, 0.3) is 0 Å². The number of sulfone groups is 1. The van der Waals surface area contributed by atoms with Crippen LogP contribution in [0.5, 0.6) is 0 Å². The van der Waals surface area contributed by atoms with E-state index in [0.717, 1.165) is 0 Å². The van der Waals surface area contributed by atoms with Gasteiger partial charge in [0.1, 0.15) is 6.67 Å². The van der Waals surface area contributed by atoms with Crippen molar-refractivity contribution in [1.82, 2.24) is 0 Å².